The van der Waals surface area contributed by atoms with E-state index in [-0.39, 0.29) is 0 Å². The summed E-state index contributed by atoms with van der Waals surface area (Å²) in [4.78, 5) is 56.9. The van der Waals surface area contributed by atoms with Crippen LogP contribution in [0.2, 0.25) is 0 Å². The molecule has 13 heteroatoms. The summed E-state index contributed by atoms with van der Waals surface area (Å²) in [6.45, 7) is 2.49. The van der Waals surface area contributed by atoms with Gasteiger partial charge in [0.1, 0.15) is 6.04 Å². The fourth-order valence-corrected chi connectivity index (χ4v) is 1.46. The van der Waals surface area contributed by atoms with Crippen LogP contribution in [-0.2, 0) is 19.2 Å². The third-order valence-electron chi connectivity index (χ3n) is 2.78. The zero-order valence-electron chi connectivity index (χ0n) is 13.6. The summed E-state index contributed by atoms with van der Waals surface area (Å²) in [5.41, 5.74) is 14.2. The van der Waals surface area contributed by atoms with Crippen molar-refractivity contribution in [3.05, 3.63) is 0 Å². The summed E-state index contributed by atoms with van der Waals surface area (Å²) in [6.07, 6.45) is -2.04. The number of hydrogen-bond acceptors (Lipinski definition) is 7. The molecule has 0 radical (unpaired) electrons. The number of carboxylic acid groups (broad SMARTS) is 1. The van der Waals surface area contributed by atoms with Gasteiger partial charge in [-0.05, 0) is 13.8 Å². The maximum Gasteiger partial charge on any atom is 0.328 e. The Morgan fingerprint density at radius 1 is 1.00 bits per heavy atom. The second-order valence-corrected chi connectivity index (χ2v) is 5.16. The van der Waals surface area contributed by atoms with Gasteiger partial charge in [-0.1, -0.05) is 0 Å². The number of nitrogens with two attached hydrogens (primary N) is 2. The quantitative estimate of drug-likeness (QED) is 0.197. The van der Waals surface area contributed by atoms with Crippen LogP contribution in [0.1, 0.15) is 20.3 Å². The number of aliphatic hydroxyl groups excluding tert-OH is 1. The Kier molecular flexibility index (Phi) is 8.87. The molecule has 0 bridgehead atoms. The molecule has 0 aliphatic carbocycles. The largest absolute Gasteiger partial charge is 0.480 e. The summed E-state index contributed by atoms with van der Waals surface area (Å²) in [7, 11) is 0. The van der Waals surface area contributed by atoms with Gasteiger partial charge in [0.05, 0.1) is 18.6 Å². The molecule has 25 heavy (non-hydrogen) atoms. The van der Waals surface area contributed by atoms with Crippen molar-refractivity contribution in [2.45, 2.75) is 44.5 Å². The Bertz CT molecular complexity index is 536. The first kappa shape index (κ1) is 22.1. The maximum absolute atomic E-state index is 11.9. The lowest BCUT2D eigenvalue weighted by molar-refractivity contribution is -0.141. The molecule has 0 aliphatic heterocycles. The minimum Gasteiger partial charge on any atom is -0.480 e. The number of aliphatic carboxylic acids is 1. The smallest absolute Gasteiger partial charge is 0.328 e. The number of rotatable bonds is 8. The third-order valence-corrected chi connectivity index (χ3v) is 2.78. The molecule has 4 atom stereocenters. The normalized spacial score (nSPS) is 15.0. The second-order valence-electron chi connectivity index (χ2n) is 5.16. The Hall–Kier alpha value is -2.93. The molecule has 0 saturated heterocycles. The van der Waals surface area contributed by atoms with E-state index in [9.17, 15) is 29.1 Å². The fourth-order valence-electron chi connectivity index (χ4n) is 1.46. The molecule has 0 spiro atoms. The van der Waals surface area contributed by atoms with Crippen molar-refractivity contribution in [2.24, 2.45) is 11.5 Å². The van der Waals surface area contributed by atoms with Gasteiger partial charge in [-0.3, -0.25) is 25.2 Å². The number of aliphatic hydroxyl groups is 1. The highest BCUT2D eigenvalue weighted by molar-refractivity contribution is 5.93. The van der Waals surface area contributed by atoms with Gasteiger partial charge in [0, 0.05) is 0 Å². The lowest BCUT2D eigenvalue weighted by Crippen LogP contribution is -2.59. The molecule has 0 fully saturated rings. The number of carbonyl (C=O) groups is 5. The van der Waals surface area contributed by atoms with Crippen molar-refractivity contribution in [3.8, 4) is 0 Å². The fraction of sp³-hybridized carbons (Fsp3) is 0.583. The van der Waals surface area contributed by atoms with Crippen LogP contribution in [0.3, 0.4) is 0 Å². The number of carbonyl (C=O) groups excluding carboxylic acids is 4. The molecule has 1 unspecified atom stereocenters. The molecular formula is C12H22N6O7. The molecule has 0 aliphatic rings. The number of hydrogen-bond donors (Lipinski definition) is 8. The van der Waals surface area contributed by atoms with Crippen LogP contribution >= 0.6 is 0 Å². The van der Waals surface area contributed by atoms with E-state index in [1.165, 1.54) is 6.92 Å². The monoisotopic (exact) mass is 362 g/mol. The standard InChI is InChI=1S/C12H22N6O7/c1-4(13)9(21)17-18-10(22)6(3-7(14)20)15-12(25)16-8(5(2)19)11(23)24/h4-6,8,19H,3,13H2,1-2H3,(H2,14,20)(H,17,21)(H,18,22)(H,23,24)(H2,15,16,25)/t4-,5?,6-,8-/m0/s1. The molecular weight excluding hydrogens is 340 g/mol. The molecule has 0 aromatic rings. The van der Waals surface area contributed by atoms with E-state index < -0.39 is 60.4 Å². The van der Waals surface area contributed by atoms with Gasteiger partial charge in [-0.25, -0.2) is 9.59 Å². The summed E-state index contributed by atoms with van der Waals surface area (Å²) in [5.74, 6) is -4.17. The van der Waals surface area contributed by atoms with Crippen LogP contribution in [0.4, 0.5) is 4.79 Å². The topological polar surface area (TPSA) is 226 Å². The average molecular weight is 362 g/mol. The zero-order valence-corrected chi connectivity index (χ0v) is 13.6. The average Bonchev–Trinajstić information content (AvgIpc) is 2.47. The first-order valence-electron chi connectivity index (χ1n) is 7.07. The summed E-state index contributed by atoms with van der Waals surface area (Å²) in [5, 5.41) is 22.1. The van der Waals surface area contributed by atoms with Crippen LogP contribution in [0, 0.1) is 0 Å². The molecule has 13 nitrogen and oxygen atoms in total. The number of carboxylic acids is 1. The van der Waals surface area contributed by atoms with Gasteiger partial charge in [0.15, 0.2) is 6.04 Å². The van der Waals surface area contributed by atoms with E-state index >= 15 is 0 Å². The highest BCUT2D eigenvalue weighted by atomic mass is 16.4. The van der Waals surface area contributed by atoms with Crippen molar-refractivity contribution in [1.29, 1.82) is 0 Å². The number of primary amides is 1. The zero-order chi connectivity index (χ0) is 19.7. The molecule has 0 aromatic carbocycles. The van der Waals surface area contributed by atoms with Crippen LogP contribution in [0.25, 0.3) is 0 Å². The van der Waals surface area contributed by atoms with Crippen molar-refractivity contribution in [3.63, 3.8) is 0 Å². The highest BCUT2D eigenvalue weighted by Crippen LogP contribution is 1.96. The number of urea groups is 1. The molecule has 0 saturated carbocycles. The van der Waals surface area contributed by atoms with E-state index in [0.29, 0.717) is 0 Å². The van der Waals surface area contributed by atoms with E-state index in [1.807, 2.05) is 21.5 Å². The van der Waals surface area contributed by atoms with Gasteiger partial charge in [-0.2, -0.15) is 0 Å². The predicted octanol–water partition coefficient (Wildman–Crippen LogP) is -4.14. The number of amides is 5. The van der Waals surface area contributed by atoms with Crippen LogP contribution in [-0.4, -0.2) is 64.2 Å². The molecule has 10 N–H and O–H groups in total. The Labute approximate surface area is 142 Å². The van der Waals surface area contributed by atoms with E-state index in [4.69, 9.17) is 16.6 Å². The molecule has 0 heterocycles. The molecule has 5 amide bonds. The predicted molar refractivity (Wildman–Crippen MR) is 82.3 cm³/mol. The van der Waals surface area contributed by atoms with Crippen molar-refractivity contribution in [2.75, 3.05) is 0 Å². The lowest BCUT2D eigenvalue weighted by atomic mass is 10.1. The first-order valence-corrected chi connectivity index (χ1v) is 7.07. The number of nitrogens with one attached hydrogen (secondary N) is 4. The summed E-state index contributed by atoms with van der Waals surface area (Å²) in [6, 6.07) is -5.22. The minimum absolute atomic E-state index is 0.625. The van der Waals surface area contributed by atoms with Crippen LogP contribution in [0.15, 0.2) is 0 Å². The molecule has 142 valence electrons. The number of hydrazine groups is 1. The third kappa shape index (κ3) is 8.47. The van der Waals surface area contributed by atoms with E-state index in [0.717, 1.165) is 6.92 Å². The van der Waals surface area contributed by atoms with Crippen molar-refractivity contribution >= 4 is 29.7 Å². The van der Waals surface area contributed by atoms with Crippen LogP contribution < -0.4 is 33.0 Å². The van der Waals surface area contributed by atoms with Gasteiger partial charge < -0.3 is 32.3 Å². The molecule has 0 aromatic heterocycles. The van der Waals surface area contributed by atoms with Gasteiger partial charge >= 0.3 is 12.0 Å². The van der Waals surface area contributed by atoms with E-state index in [1.54, 1.807) is 0 Å². The SMILES string of the molecule is CC(O)[C@H](NC(=O)N[C@@H](CC(N)=O)C(=O)NNC(=O)[C@H](C)N)C(=O)O. The van der Waals surface area contributed by atoms with Gasteiger partial charge in [0.2, 0.25) is 5.91 Å². The Morgan fingerprint density at radius 3 is 1.92 bits per heavy atom. The highest BCUT2D eigenvalue weighted by Gasteiger charge is 2.28. The Balaban J connectivity index is 4.89. The van der Waals surface area contributed by atoms with E-state index in [2.05, 4.69) is 0 Å². The van der Waals surface area contributed by atoms with Crippen LogP contribution in [0.5, 0.6) is 0 Å². The van der Waals surface area contributed by atoms with Crippen molar-refractivity contribution < 1.29 is 34.2 Å². The minimum atomic E-state index is -1.64. The summed E-state index contributed by atoms with van der Waals surface area (Å²) < 4.78 is 0. The molecule has 0 rings (SSSR count). The van der Waals surface area contributed by atoms with Gasteiger partial charge in [0.25, 0.3) is 11.8 Å². The second kappa shape index (κ2) is 10.0. The summed E-state index contributed by atoms with van der Waals surface area (Å²) >= 11 is 0. The van der Waals surface area contributed by atoms with Gasteiger partial charge in [-0.15, -0.1) is 0 Å². The Morgan fingerprint density at radius 2 is 1.52 bits per heavy atom. The first-order chi connectivity index (χ1) is 11.5. The lowest BCUT2D eigenvalue weighted by Gasteiger charge is -2.21. The van der Waals surface area contributed by atoms with Crippen molar-refractivity contribution in [1.82, 2.24) is 21.5 Å². The maximum atomic E-state index is 11.9.